The molecule has 13 nitrogen and oxygen atoms in total. The number of rotatable bonds is 18. The van der Waals surface area contributed by atoms with Crippen molar-refractivity contribution < 1.29 is 29.4 Å². The number of aromatic amines is 1. The molecule has 0 aliphatic carbocycles. The average molecular weight is 562 g/mol. The van der Waals surface area contributed by atoms with Gasteiger partial charge in [0.25, 0.3) is 0 Å². The van der Waals surface area contributed by atoms with Gasteiger partial charge in [0.2, 0.25) is 17.7 Å². The van der Waals surface area contributed by atoms with Gasteiger partial charge in [-0.1, -0.05) is 24.6 Å². The van der Waals surface area contributed by atoms with Crippen LogP contribution in [0.4, 0.5) is 0 Å². The average Bonchev–Trinajstić information content (AvgIpc) is 3.33. The lowest BCUT2D eigenvalue weighted by Crippen LogP contribution is -2.60. The number of carboxylic acids is 1. The number of para-hydroxylation sites is 1. The summed E-state index contributed by atoms with van der Waals surface area (Å²) in [7, 11) is 0. The highest BCUT2D eigenvalue weighted by Crippen LogP contribution is 2.19. The van der Waals surface area contributed by atoms with E-state index in [-0.39, 0.29) is 12.8 Å². The minimum absolute atomic E-state index is 0.0224. The maximum absolute atomic E-state index is 13.2. The molecule has 2 rings (SSSR count). The highest BCUT2D eigenvalue weighted by atomic mass is 16.4. The molecule has 5 atom stereocenters. The van der Waals surface area contributed by atoms with Gasteiger partial charge in [0.15, 0.2) is 0 Å². The Labute approximate surface area is 233 Å². The van der Waals surface area contributed by atoms with E-state index in [0.29, 0.717) is 50.8 Å². The minimum atomic E-state index is -1.47. The van der Waals surface area contributed by atoms with E-state index in [2.05, 4.69) is 20.9 Å². The number of nitrogens with two attached hydrogens (primary N) is 3. The molecule has 222 valence electrons. The largest absolute Gasteiger partial charge is 0.480 e. The first-order valence-corrected chi connectivity index (χ1v) is 13.6. The molecule has 0 aliphatic heterocycles. The third kappa shape index (κ3) is 9.90. The molecule has 0 aliphatic rings. The van der Waals surface area contributed by atoms with E-state index in [1.165, 1.54) is 6.92 Å². The van der Waals surface area contributed by atoms with Crippen LogP contribution in [0.1, 0.15) is 51.0 Å². The summed E-state index contributed by atoms with van der Waals surface area (Å²) in [6.45, 7) is 2.17. The van der Waals surface area contributed by atoms with Crippen molar-refractivity contribution in [2.45, 2.75) is 82.1 Å². The standard InChI is InChI=1S/C27H43N7O6/c1-16(35)23(26(38)33-22(27(39)40)14-17-15-31-20-10-3-2-8-18(17)20)34-25(37)21(11-5-7-13-29)32-24(36)19(30)9-4-6-12-28/h2-3,8,10,15-16,19,21-23,31,35H,4-7,9,11-14,28-30H2,1H3,(H,32,36)(H,33,38)(H,34,37)(H,39,40). The van der Waals surface area contributed by atoms with Crippen LogP contribution in [0.3, 0.4) is 0 Å². The lowest BCUT2D eigenvalue weighted by molar-refractivity contribution is -0.143. The molecule has 1 aromatic heterocycles. The van der Waals surface area contributed by atoms with Crippen LogP contribution in [0.2, 0.25) is 0 Å². The van der Waals surface area contributed by atoms with E-state index in [0.717, 1.165) is 10.9 Å². The monoisotopic (exact) mass is 561 g/mol. The highest BCUT2D eigenvalue weighted by molar-refractivity contribution is 5.94. The number of aliphatic carboxylic acids is 1. The van der Waals surface area contributed by atoms with E-state index < -0.39 is 54.0 Å². The van der Waals surface area contributed by atoms with Crippen molar-refractivity contribution in [3.8, 4) is 0 Å². The molecular formula is C27H43N7O6. The van der Waals surface area contributed by atoms with Gasteiger partial charge in [-0.05, 0) is 63.7 Å². The summed E-state index contributed by atoms with van der Waals surface area (Å²) >= 11 is 0. The number of hydrogen-bond donors (Lipinski definition) is 9. The molecule has 0 fully saturated rings. The molecule has 2 aromatic rings. The predicted octanol–water partition coefficient (Wildman–Crippen LogP) is -0.784. The Morgan fingerprint density at radius 2 is 1.50 bits per heavy atom. The first kappa shape index (κ1) is 32.7. The van der Waals surface area contributed by atoms with Crippen LogP contribution >= 0.6 is 0 Å². The number of aliphatic hydroxyl groups is 1. The van der Waals surface area contributed by atoms with Gasteiger partial charge in [-0.15, -0.1) is 0 Å². The normalized spacial score (nSPS) is 15.0. The third-order valence-electron chi connectivity index (χ3n) is 6.66. The summed E-state index contributed by atoms with van der Waals surface area (Å²) in [5.74, 6) is -3.37. The molecule has 0 saturated carbocycles. The van der Waals surface area contributed by atoms with Crippen molar-refractivity contribution in [2.75, 3.05) is 13.1 Å². The Morgan fingerprint density at radius 1 is 0.875 bits per heavy atom. The molecular weight excluding hydrogens is 518 g/mol. The number of carboxylic acid groups (broad SMARTS) is 1. The highest BCUT2D eigenvalue weighted by Gasteiger charge is 2.33. The SMILES string of the molecule is CC(O)C(NC(=O)C(CCCCN)NC(=O)C(N)CCCCN)C(=O)NC(Cc1c[nH]c2ccccc12)C(=O)O. The molecule has 40 heavy (non-hydrogen) atoms. The number of benzene rings is 1. The fourth-order valence-corrected chi connectivity index (χ4v) is 4.32. The first-order chi connectivity index (χ1) is 19.1. The fourth-order valence-electron chi connectivity index (χ4n) is 4.32. The summed E-state index contributed by atoms with van der Waals surface area (Å²) in [6, 6.07) is 2.69. The fraction of sp³-hybridized carbons (Fsp3) is 0.556. The van der Waals surface area contributed by atoms with Crippen molar-refractivity contribution in [1.29, 1.82) is 0 Å². The van der Waals surface area contributed by atoms with Crippen LogP contribution in [-0.2, 0) is 25.6 Å². The number of carbonyl (C=O) groups excluding carboxylic acids is 3. The van der Waals surface area contributed by atoms with Crippen molar-refractivity contribution in [2.24, 2.45) is 17.2 Å². The zero-order valence-corrected chi connectivity index (χ0v) is 22.9. The minimum Gasteiger partial charge on any atom is -0.480 e. The third-order valence-corrected chi connectivity index (χ3v) is 6.66. The lowest BCUT2D eigenvalue weighted by atomic mass is 10.0. The second kappa shape index (κ2) is 16.6. The van der Waals surface area contributed by atoms with Gasteiger partial charge in [0, 0.05) is 23.5 Å². The van der Waals surface area contributed by atoms with Gasteiger partial charge in [0.05, 0.1) is 12.1 Å². The van der Waals surface area contributed by atoms with Crippen LogP contribution in [0.15, 0.2) is 30.5 Å². The Hall–Kier alpha value is -3.52. The van der Waals surface area contributed by atoms with Crippen molar-refractivity contribution in [1.82, 2.24) is 20.9 Å². The first-order valence-electron chi connectivity index (χ1n) is 13.6. The number of nitrogens with one attached hydrogen (secondary N) is 4. The second-order valence-corrected chi connectivity index (χ2v) is 9.93. The maximum atomic E-state index is 13.2. The lowest BCUT2D eigenvalue weighted by Gasteiger charge is -2.26. The maximum Gasteiger partial charge on any atom is 0.326 e. The number of H-pyrrole nitrogens is 1. The van der Waals surface area contributed by atoms with E-state index >= 15 is 0 Å². The topological polar surface area (TPSA) is 239 Å². The zero-order chi connectivity index (χ0) is 29.7. The predicted molar refractivity (Wildman–Crippen MR) is 151 cm³/mol. The number of aliphatic hydroxyl groups excluding tert-OH is 1. The molecule has 12 N–H and O–H groups in total. The summed E-state index contributed by atoms with van der Waals surface area (Å²) in [6.07, 6.45) is 3.42. The summed E-state index contributed by atoms with van der Waals surface area (Å²) < 4.78 is 0. The van der Waals surface area contributed by atoms with Gasteiger partial charge < -0.3 is 48.3 Å². The smallest absolute Gasteiger partial charge is 0.326 e. The van der Waals surface area contributed by atoms with Crippen LogP contribution < -0.4 is 33.2 Å². The Morgan fingerprint density at radius 3 is 2.12 bits per heavy atom. The second-order valence-electron chi connectivity index (χ2n) is 9.93. The van der Waals surface area contributed by atoms with E-state index in [4.69, 9.17) is 17.2 Å². The Kier molecular flexibility index (Phi) is 13.5. The molecule has 0 spiro atoms. The van der Waals surface area contributed by atoms with Crippen molar-refractivity contribution in [3.63, 3.8) is 0 Å². The molecule has 1 aromatic carbocycles. The van der Waals surface area contributed by atoms with Crippen LogP contribution in [0.5, 0.6) is 0 Å². The van der Waals surface area contributed by atoms with Gasteiger partial charge in [-0.2, -0.15) is 0 Å². The van der Waals surface area contributed by atoms with Gasteiger partial charge in [-0.25, -0.2) is 4.79 Å². The van der Waals surface area contributed by atoms with Crippen LogP contribution in [0, 0.1) is 0 Å². The summed E-state index contributed by atoms with van der Waals surface area (Å²) in [5.41, 5.74) is 18.5. The number of unbranched alkanes of at least 4 members (excludes halogenated alkanes) is 2. The van der Waals surface area contributed by atoms with Gasteiger partial charge in [0.1, 0.15) is 18.1 Å². The molecule has 1 heterocycles. The Balaban J connectivity index is 2.11. The molecule has 5 unspecified atom stereocenters. The Bertz CT molecular complexity index is 1120. The number of aromatic nitrogens is 1. The molecule has 0 saturated heterocycles. The van der Waals surface area contributed by atoms with Crippen LogP contribution in [0.25, 0.3) is 10.9 Å². The van der Waals surface area contributed by atoms with E-state index in [1.807, 2.05) is 24.3 Å². The molecule has 3 amide bonds. The number of amides is 3. The number of fused-ring (bicyclic) bond motifs is 1. The van der Waals surface area contributed by atoms with Crippen molar-refractivity contribution >= 4 is 34.6 Å². The summed E-state index contributed by atoms with van der Waals surface area (Å²) in [4.78, 5) is 54.0. The van der Waals surface area contributed by atoms with Gasteiger partial charge in [-0.3, -0.25) is 14.4 Å². The number of hydrogen-bond acceptors (Lipinski definition) is 8. The van der Waals surface area contributed by atoms with Crippen molar-refractivity contribution in [3.05, 3.63) is 36.0 Å². The molecule has 0 bridgehead atoms. The quantitative estimate of drug-likeness (QED) is 0.104. The molecule has 0 radical (unpaired) electrons. The van der Waals surface area contributed by atoms with E-state index in [1.54, 1.807) is 6.20 Å². The van der Waals surface area contributed by atoms with Crippen LogP contribution in [-0.4, -0.2) is 82.2 Å². The van der Waals surface area contributed by atoms with Gasteiger partial charge >= 0.3 is 5.97 Å². The number of carbonyl (C=O) groups is 4. The van der Waals surface area contributed by atoms with E-state index in [9.17, 15) is 29.4 Å². The summed E-state index contributed by atoms with van der Waals surface area (Å²) in [5, 5.41) is 28.4. The zero-order valence-electron chi connectivity index (χ0n) is 22.9. The molecule has 13 heteroatoms.